The lowest BCUT2D eigenvalue weighted by Crippen LogP contribution is -2.10. The Hall–Kier alpha value is -6.81. The quantitative estimate of drug-likeness (QED) is 0.174. The predicted octanol–water partition coefficient (Wildman–Crippen LogP) is 13.1. The zero-order chi connectivity index (χ0) is 38.0. The largest absolute Gasteiger partial charge is 0.455 e. The molecule has 8 heteroatoms. The van der Waals surface area contributed by atoms with Gasteiger partial charge in [0.05, 0.1) is 23.3 Å². The molecule has 0 fully saturated rings. The van der Waals surface area contributed by atoms with Gasteiger partial charge in [-0.15, -0.1) is 22.7 Å². The number of thiophene rings is 2. The summed E-state index contributed by atoms with van der Waals surface area (Å²) in [6.45, 7) is 0. The average Bonchev–Trinajstić information content (AvgIpc) is 3.89. The van der Waals surface area contributed by atoms with Gasteiger partial charge in [0.1, 0.15) is 21.3 Å². The molecule has 0 bridgehead atoms. The number of para-hydroxylation sites is 1. The molecule has 9 aromatic rings. The molecule has 7 aromatic carbocycles. The molecule has 0 spiro atoms. The number of sulfone groups is 1. The van der Waals surface area contributed by atoms with Crippen LogP contribution >= 0.6 is 22.7 Å². The molecular weight excluding hydrogens is 749 g/mol. The number of benzene rings is 7. The minimum atomic E-state index is -3.71. The first-order valence-electron chi connectivity index (χ1n) is 17.8. The minimum Gasteiger partial charge on any atom is -0.455 e. The maximum absolute atomic E-state index is 13.4. The molecular formula is C48H26N2O3S3. The van der Waals surface area contributed by atoms with Gasteiger partial charge in [-0.1, -0.05) is 97.1 Å². The van der Waals surface area contributed by atoms with Crippen molar-refractivity contribution in [2.45, 2.75) is 9.79 Å². The molecule has 264 valence electrons. The Kier molecular flexibility index (Phi) is 7.95. The van der Waals surface area contributed by atoms with Crippen LogP contribution in [0.25, 0.3) is 74.4 Å². The van der Waals surface area contributed by atoms with E-state index in [9.17, 15) is 18.9 Å². The molecule has 0 atom stereocenters. The van der Waals surface area contributed by atoms with E-state index in [-0.39, 0.29) is 9.79 Å². The number of ether oxygens (including phenoxy) is 1. The third-order valence-corrected chi connectivity index (χ3v) is 14.4. The van der Waals surface area contributed by atoms with Crippen molar-refractivity contribution >= 4 is 52.7 Å². The van der Waals surface area contributed by atoms with E-state index in [0.29, 0.717) is 22.6 Å². The van der Waals surface area contributed by atoms with Gasteiger partial charge in [0.15, 0.2) is 0 Å². The Morgan fingerprint density at radius 1 is 0.446 bits per heavy atom. The normalized spacial score (nSPS) is 12.7. The SMILES string of the molecule is N#Cc1cc(C#N)cc(-c2cc3c(-c4ccccc4)c4sc(-c5cccc(-c6ccc7c(c6)Oc6ccccc6S7(=O)=O)c5)cc4c(-c4ccccc4)c3s2)c1. The summed E-state index contributed by atoms with van der Waals surface area (Å²) in [4.78, 5) is 2.42. The van der Waals surface area contributed by atoms with Gasteiger partial charge in [-0.25, -0.2) is 8.42 Å². The Morgan fingerprint density at radius 2 is 0.964 bits per heavy atom. The fourth-order valence-electron chi connectivity index (χ4n) is 7.57. The molecule has 0 radical (unpaired) electrons. The summed E-state index contributed by atoms with van der Waals surface area (Å²) >= 11 is 3.42. The molecule has 0 N–H and O–H groups in total. The monoisotopic (exact) mass is 774 g/mol. The maximum Gasteiger partial charge on any atom is 0.213 e. The standard InChI is InChI=1S/C48H26N2O3S3/c49-27-29-20-30(28-50)22-36(21-29)42-26-38-46(32-12-5-2-6-13-32)47-37(45(48(38)55-42)31-10-3-1-4-11-31)25-41(54-47)35-15-9-14-33(23-35)34-18-19-44-40(24-34)53-39-16-7-8-17-43(39)56(44,51)52/h1-26H. The van der Waals surface area contributed by atoms with Crippen molar-refractivity contribution in [3.63, 3.8) is 0 Å². The van der Waals surface area contributed by atoms with Crippen LogP contribution < -0.4 is 4.74 Å². The Bertz CT molecular complexity index is 3130. The van der Waals surface area contributed by atoms with E-state index in [1.54, 1.807) is 59.1 Å². The topological polar surface area (TPSA) is 90.9 Å². The fourth-order valence-corrected chi connectivity index (χ4v) is 11.5. The minimum absolute atomic E-state index is 0.161. The number of nitrogens with zero attached hydrogens (tertiary/aromatic N) is 2. The van der Waals surface area contributed by atoms with Crippen molar-refractivity contribution in [3.8, 4) is 77.9 Å². The van der Waals surface area contributed by atoms with E-state index in [1.807, 2.05) is 48.5 Å². The molecule has 0 aliphatic carbocycles. The van der Waals surface area contributed by atoms with Crippen LogP contribution in [0.15, 0.2) is 168 Å². The Balaban J connectivity index is 1.17. The molecule has 0 amide bonds. The van der Waals surface area contributed by atoms with Crippen LogP contribution in [0.3, 0.4) is 0 Å². The summed E-state index contributed by atoms with van der Waals surface area (Å²) < 4.78 is 35.3. The van der Waals surface area contributed by atoms with Crippen molar-refractivity contribution in [1.82, 2.24) is 0 Å². The summed E-state index contributed by atoms with van der Waals surface area (Å²) in [7, 11) is -3.71. The fraction of sp³-hybridized carbons (Fsp3) is 0. The molecule has 1 aliphatic heterocycles. The van der Waals surface area contributed by atoms with Gasteiger partial charge in [0.2, 0.25) is 9.84 Å². The van der Waals surface area contributed by atoms with Gasteiger partial charge >= 0.3 is 0 Å². The van der Waals surface area contributed by atoms with E-state index in [4.69, 9.17) is 4.74 Å². The van der Waals surface area contributed by atoms with Crippen molar-refractivity contribution in [2.75, 3.05) is 0 Å². The third-order valence-electron chi connectivity index (χ3n) is 10.1. The highest BCUT2D eigenvalue weighted by Gasteiger charge is 2.31. The van der Waals surface area contributed by atoms with Crippen LogP contribution in [0.2, 0.25) is 0 Å². The lowest BCUT2D eigenvalue weighted by molar-refractivity contribution is 0.443. The molecule has 2 aromatic heterocycles. The number of nitriles is 2. The Morgan fingerprint density at radius 3 is 1.59 bits per heavy atom. The second-order valence-electron chi connectivity index (χ2n) is 13.5. The summed E-state index contributed by atoms with van der Waals surface area (Å²) in [6, 6.07) is 55.5. The zero-order valence-corrected chi connectivity index (χ0v) is 31.8. The van der Waals surface area contributed by atoms with Crippen LogP contribution in [-0.2, 0) is 9.84 Å². The van der Waals surface area contributed by atoms with E-state index in [0.717, 1.165) is 74.4 Å². The van der Waals surface area contributed by atoms with Crippen molar-refractivity contribution in [3.05, 3.63) is 169 Å². The first-order valence-corrected chi connectivity index (χ1v) is 20.9. The predicted molar refractivity (Wildman–Crippen MR) is 226 cm³/mol. The lowest BCUT2D eigenvalue weighted by atomic mass is 9.93. The third kappa shape index (κ3) is 5.51. The second-order valence-corrected chi connectivity index (χ2v) is 17.5. The number of hydrogen-bond donors (Lipinski definition) is 0. The molecule has 0 saturated heterocycles. The molecule has 1 aliphatic rings. The maximum atomic E-state index is 13.4. The molecule has 10 rings (SSSR count). The van der Waals surface area contributed by atoms with E-state index in [2.05, 4.69) is 84.9 Å². The first-order chi connectivity index (χ1) is 27.4. The highest BCUT2D eigenvalue weighted by atomic mass is 32.2. The van der Waals surface area contributed by atoms with Crippen LogP contribution in [-0.4, -0.2) is 8.42 Å². The van der Waals surface area contributed by atoms with Crippen LogP contribution in [0.1, 0.15) is 11.1 Å². The number of hydrogen-bond acceptors (Lipinski definition) is 7. The first kappa shape index (κ1) is 33.7. The highest BCUT2D eigenvalue weighted by molar-refractivity contribution is 7.91. The van der Waals surface area contributed by atoms with Crippen molar-refractivity contribution < 1.29 is 13.2 Å². The van der Waals surface area contributed by atoms with Crippen molar-refractivity contribution in [1.29, 1.82) is 10.5 Å². The molecule has 0 saturated carbocycles. The number of rotatable bonds is 5. The molecule has 5 nitrogen and oxygen atoms in total. The molecule has 3 heterocycles. The van der Waals surface area contributed by atoms with Gasteiger partial charge in [-0.05, 0) is 94.0 Å². The molecule has 0 unspecified atom stereocenters. The summed E-state index contributed by atoms with van der Waals surface area (Å²) in [5.41, 5.74) is 9.05. The summed E-state index contributed by atoms with van der Waals surface area (Å²) in [6.07, 6.45) is 0. The smallest absolute Gasteiger partial charge is 0.213 e. The van der Waals surface area contributed by atoms with Gasteiger partial charge < -0.3 is 4.74 Å². The summed E-state index contributed by atoms with van der Waals surface area (Å²) in [5, 5.41) is 21.8. The lowest BCUT2D eigenvalue weighted by Gasteiger charge is -2.20. The van der Waals surface area contributed by atoms with E-state index < -0.39 is 9.84 Å². The van der Waals surface area contributed by atoms with Gasteiger partial charge in [0, 0.05) is 41.1 Å². The highest BCUT2D eigenvalue weighted by Crippen LogP contribution is 2.52. The van der Waals surface area contributed by atoms with Gasteiger partial charge in [0.25, 0.3) is 0 Å². The molecule has 56 heavy (non-hydrogen) atoms. The number of fused-ring (bicyclic) bond motifs is 4. The summed E-state index contributed by atoms with van der Waals surface area (Å²) in [5.74, 6) is 0.644. The van der Waals surface area contributed by atoms with E-state index >= 15 is 0 Å². The van der Waals surface area contributed by atoms with Gasteiger partial charge in [-0.2, -0.15) is 10.5 Å². The second kappa shape index (κ2) is 13.2. The van der Waals surface area contributed by atoms with Crippen LogP contribution in [0.5, 0.6) is 11.5 Å². The Labute approximate surface area is 331 Å². The zero-order valence-electron chi connectivity index (χ0n) is 29.4. The van der Waals surface area contributed by atoms with E-state index in [1.165, 1.54) is 0 Å². The van der Waals surface area contributed by atoms with Gasteiger partial charge in [-0.3, -0.25) is 0 Å². The van der Waals surface area contributed by atoms with Crippen LogP contribution in [0.4, 0.5) is 0 Å². The average molecular weight is 775 g/mol. The van der Waals surface area contributed by atoms with Crippen molar-refractivity contribution in [2.24, 2.45) is 0 Å². The van der Waals surface area contributed by atoms with Crippen LogP contribution in [0, 0.1) is 22.7 Å².